The van der Waals surface area contributed by atoms with Gasteiger partial charge in [0.25, 0.3) is 0 Å². The maximum Gasteiger partial charge on any atom is 0.247 e. The minimum Gasteiger partial charge on any atom is -0.368 e. The summed E-state index contributed by atoms with van der Waals surface area (Å²) in [5, 5.41) is 12.4. The summed E-state index contributed by atoms with van der Waals surface area (Å²) in [7, 11) is 0. The average Bonchev–Trinajstić information content (AvgIpc) is 2.72. The van der Waals surface area contributed by atoms with Gasteiger partial charge in [0.05, 0.1) is 6.20 Å². The van der Waals surface area contributed by atoms with Crippen molar-refractivity contribution in [1.29, 1.82) is 0 Å². The standard InChI is InChI=1S/C20H21ClN6/c1-15-17(21)8-5-9-18(15)23-19-14-22-25-20(24-19)27-12-10-26(11-13-27)16-6-3-2-4-7-16/h2-9,14H,10-13H2,1H3,(H,23,24,25). The zero-order valence-electron chi connectivity index (χ0n) is 15.1. The van der Waals surface area contributed by atoms with Gasteiger partial charge in [0.2, 0.25) is 5.95 Å². The van der Waals surface area contributed by atoms with Crippen LogP contribution in [0, 0.1) is 6.92 Å². The molecule has 1 N–H and O–H groups in total. The number of hydrogen-bond donors (Lipinski definition) is 1. The summed E-state index contributed by atoms with van der Waals surface area (Å²) in [5.74, 6) is 1.31. The average molecular weight is 381 g/mol. The molecule has 0 amide bonds. The van der Waals surface area contributed by atoms with Crippen LogP contribution in [0.1, 0.15) is 5.56 Å². The van der Waals surface area contributed by atoms with Crippen molar-refractivity contribution in [2.45, 2.75) is 6.92 Å². The first kappa shape index (κ1) is 17.5. The Balaban J connectivity index is 1.45. The monoisotopic (exact) mass is 380 g/mol. The molecule has 0 bridgehead atoms. The van der Waals surface area contributed by atoms with Crippen molar-refractivity contribution in [3.8, 4) is 0 Å². The van der Waals surface area contributed by atoms with Crippen molar-refractivity contribution >= 4 is 34.7 Å². The number of aromatic nitrogens is 3. The fourth-order valence-electron chi connectivity index (χ4n) is 3.17. The van der Waals surface area contributed by atoms with E-state index in [-0.39, 0.29) is 0 Å². The summed E-state index contributed by atoms with van der Waals surface area (Å²) in [5.41, 5.74) is 3.15. The molecule has 3 aromatic rings. The quantitative estimate of drug-likeness (QED) is 0.740. The van der Waals surface area contributed by atoms with Gasteiger partial charge in [0.15, 0.2) is 5.82 Å². The molecule has 1 aromatic heterocycles. The maximum absolute atomic E-state index is 6.20. The van der Waals surface area contributed by atoms with Crippen LogP contribution >= 0.6 is 11.6 Å². The lowest BCUT2D eigenvalue weighted by molar-refractivity contribution is 0.635. The highest BCUT2D eigenvalue weighted by Gasteiger charge is 2.20. The lowest BCUT2D eigenvalue weighted by atomic mass is 10.2. The van der Waals surface area contributed by atoms with Crippen LogP contribution in [0.4, 0.5) is 23.1 Å². The number of anilines is 4. The summed E-state index contributed by atoms with van der Waals surface area (Å²) in [6, 6.07) is 16.2. The van der Waals surface area contributed by atoms with E-state index in [0.29, 0.717) is 11.8 Å². The maximum atomic E-state index is 6.20. The Morgan fingerprint density at radius 3 is 2.44 bits per heavy atom. The molecule has 2 heterocycles. The van der Waals surface area contributed by atoms with Crippen molar-refractivity contribution in [2.75, 3.05) is 41.3 Å². The van der Waals surface area contributed by atoms with E-state index in [0.717, 1.165) is 42.5 Å². The zero-order chi connectivity index (χ0) is 18.6. The SMILES string of the molecule is Cc1c(Cl)cccc1Nc1cnnc(N2CCN(c3ccccc3)CC2)n1. The predicted octanol–water partition coefficient (Wildman–Crippen LogP) is 3.90. The third kappa shape index (κ3) is 3.95. The van der Waals surface area contributed by atoms with Gasteiger partial charge in [0.1, 0.15) is 0 Å². The van der Waals surface area contributed by atoms with E-state index in [9.17, 15) is 0 Å². The van der Waals surface area contributed by atoms with E-state index in [1.807, 2.05) is 31.2 Å². The molecule has 6 nitrogen and oxygen atoms in total. The smallest absolute Gasteiger partial charge is 0.247 e. The Labute approximate surface area is 163 Å². The Morgan fingerprint density at radius 1 is 0.926 bits per heavy atom. The predicted molar refractivity (Wildman–Crippen MR) is 110 cm³/mol. The van der Waals surface area contributed by atoms with Crippen LogP contribution in [0.5, 0.6) is 0 Å². The second kappa shape index (κ2) is 7.80. The highest BCUT2D eigenvalue weighted by atomic mass is 35.5. The molecule has 7 heteroatoms. The van der Waals surface area contributed by atoms with Gasteiger partial charge < -0.3 is 15.1 Å². The van der Waals surface area contributed by atoms with Gasteiger partial charge in [-0.2, -0.15) is 10.1 Å². The van der Waals surface area contributed by atoms with Crippen LogP contribution in [0.2, 0.25) is 5.02 Å². The number of para-hydroxylation sites is 1. The number of piperazine rings is 1. The van der Waals surface area contributed by atoms with Crippen LogP contribution < -0.4 is 15.1 Å². The highest BCUT2D eigenvalue weighted by Crippen LogP contribution is 2.26. The molecule has 1 aliphatic heterocycles. The summed E-state index contributed by atoms with van der Waals surface area (Å²) in [6.45, 7) is 5.55. The minimum absolute atomic E-state index is 0.646. The summed E-state index contributed by atoms with van der Waals surface area (Å²) in [6.07, 6.45) is 1.63. The third-order valence-electron chi connectivity index (χ3n) is 4.76. The molecular weight excluding hydrogens is 360 g/mol. The van der Waals surface area contributed by atoms with Crippen LogP contribution in [0.15, 0.2) is 54.7 Å². The van der Waals surface area contributed by atoms with Gasteiger partial charge in [-0.05, 0) is 36.8 Å². The molecule has 4 rings (SSSR count). The first-order valence-corrected chi connectivity index (χ1v) is 9.35. The first-order valence-electron chi connectivity index (χ1n) is 8.97. The number of benzene rings is 2. The number of nitrogens with one attached hydrogen (secondary N) is 1. The second-order valence-electron chi connectivity index (χ2n) is 6.49. The van der Waals surface area contributed by atoms with Crippen LogP contribution in [0.25, 0.3) is 0 Å². The molecule has 1 fully saturated rings. The number of nitrogens with zero attached hydrogens (tertiary/aromatic N) is 5. The van der Waals surface area contributed by atoms with E-state index in [1.54, 1.807) is 6.20 Å². The molecule has 2 aromatic carbocycles. The minimum atomic E-state index is 0.646. The normalized spacial score (nSPS) is 14.3. The molecule has 1 saturated heterocycles. The lowest BCUT2D eigenvalue weighted by Crippen LogP contribution is -2.47. The molecule has 0 unspecified atom stereocenters. The first-order chi connectivity index (χ1) is 13.2. The van der Waals surface area contributed by atoms with E-state index < -0.39 is 0 Å². The van der Waals surface area contributed by atoms with E-state index in [4.69, 9.17) is 11.6 Å². The van der Waals surface area contributed by atoms with Crippen molar-refractivity contribution in [3.05, 3.63) is 65.3 Å². The third-order valence-corrected chi connectivity index (χ3v) is 5.17. The van der Waals surface area contributed by atoms with Gasteiger partial charge in [-0.25, -0.2) is 0 Å². The molecule has 0 spiro atoms. The Hall–Kier alpha value is -2.86. The van der Waals surface area contributed by atoms with Crippen molar-refractivity contribution < 1.29 is 0 Å². The van der Waals surface area contributed by atoms with E-state index in [2.05, 4.69) is 54.6 Å². The fraction of sp³-hybridized carbons (Fsp3) is 0.250. The van der Waals surface area contributed by atoms with Gasteiger partial charge in [-0.15, -0.1) is 5.10 Å². The van der Waals surface area contributed by atoms with Gasteiger partial charge in [-0.1, -0.05) is 35.9 Å². The summed E-state index contributed by atoms with van der Waals surface area (Å²) in [4.78, 5) is 9.19. The summed E-state index contributed by atoms with van der Waals surface area (Å²) >= 11 is 6.20. The van der Waals surface area contributed by atoms with Gasteiger partial charge in [-0.3, -0.25) is 0 Å². The summed E-state index contributed by atoms with van der Waals surface area (Å²) < 4.78 is 0. The largest absolute Gasteiger partial charge is 0.368 e. The molecule has 138 valence electrons. The number of halogens is 1. The topological polar surface area (TPSA) is 57.2 Å². The molecular formula is C20H21ClN6. The highest BCUT2D eigenvalue weighted by molar-refractivity contribution is 6.31. The molecule has 1 aliphatic rings. The van der Waals surface area contributed by atoms with Crippen LogP contribution in [-0.2, 0) is 0 Å². The molecule has 0 atom stereocenters. The van der Waals surface area contributed by atoms with E-state index >= 15 is 0 Å². The number of rotatable bonds is 4. The second-order valence-corrected chi connectivity index (χ2v) is 6.90. The fourth-order valence-corrected chi connectivity index (χ4v) is 3.35. The Kier molecular flexibility index (Phi) is 5.07. The number of hydrogen-bond acceptors (Lipinski definition) is 6. The molecule has 27 heavy (non-hydrogen) atoms. The van der Waals surface area contributed by atoms with E-state index in [1.165, 1.54) is 5.69 Å². The molecule has 0 radical (unpaired) electrons. The van der Waals surface area contributed by atoms with Gasteiger partial charge in [0, 0.05) is 42.6 Å². The van der Waals surface area contributed by atoms with Gasteiger partial charge >= 0.3 is 0 Å². The Morgan fingerprint density at radius 2 is 1.67 bits per heavy atom. The Bertz CT molecular complexity index is 909. The lowest BCUT2D eigenvalue weighted by Gasteiger charge is -2.35. The van der Waals surface area contributed by atoms with Crippen molar-refractivity contribution in [3.63, 3.8) is 0 Å². The molecule has 0 aliphatic carbocycles. The zero-order valence-corrected chi connectivity index (χ0v) is 15.9. The van der Waals surface area contributed by atoms with Crippen LogP contribution in [-0.4, -0.2) is 41.4 Å². The molecule has 0 saturated carbocycles. The van der Waals surface area contributed by atoms with Crippen molar-refractivity contribution in [1.82, 2.24) is 15.2 Å². The van der Waals surface area contributed by atoms with Crippen molar-refractivity contribution in [2.24, 2.45) is 0 Å². The van der Waals surface area contributed by atoms with Crippen LogP contribution in [0.3, 0.4) is 0 Å².